The van der Waals surface area contributed by atoms with Crippen LogP contribution in [0.3, 0.4) is 0 Å². The van der Waals surface area contributed by atoms with Gasteiger partial charge in [-0.05, 0) is 26.0 Å². The van der Waals surface area contributed by atoms with Crippen LogP contribution in [0.15, 0.2) is 24.3 Å². The molecule has 16 heavy (non-hydrogen) atoms. The molecule has 0 saturated carbocycles. The van der Waals surface area contributed by atoms with Gasteiger partial charge >= 0.3 is 5.97 Å². The smallest absolute Gasteiger partial charge is 0.373 e. The normalized spacial score (nSPS) is 10.1. The Morgan fingerprint density at radius 1 is 1.44 bits per heavy atom. The third-order valence-corrected chi connectivity index (χ3v) is 1.84. The molecule has 87 valence electrons. The standard InChI is InChI=1S/C12H15O4/c1-3-14-7-8-15-16-12(13)11-6-4-5-10(2)9-11/h4-6,8-9H,3,7H2,1-2H3. The molecule has 0 spiro atoms. The van der Waals surface area contributed by atoms with Crippen LogP contribution >= 0.6 is 0 Å². The van der Waals surface area contributed by atoms with Gasteiger partial charge in [0.15, 0.2) is 6.61 Å². The van der Waals surface area contributed by atoms with Gasteiger partial charge in [0.05, 0.1) is 12.2 Å². The molecule has 0 saturated heterocycles. The zero-order valence-corrected chi connectivity index (χ0v) is 9.43. The van der Waals surface area contributed by atoms with Crippen molar-refractivity contribution in [3.05, 3.63) is 42.0 Å². The molecule has 0 aromatic heterocycles. The van der Waals surface area contributed by atoms with Gasteiger partial charge in [-0.25, -0.2) is 4.79 Å². The van der Waals surface area contributed by atoms with Crippen LogP contribution < -0.4 is 0 Å². The summed E-state index contributed by atoms with van der Waals surface area (Å²) < 4.78 is 4.97. The Morgan fingerprint density at radius 2 is 2.25 bits per heavy atom. The molecule has 4 heteroatoms. The second kappa shape index (κ2) is 6.98. The van der Waals surface area contributed by atoms with E-state index >= 15 is 0 Å². The van der Waals surface area contributed by atoms with Gasteiger partial charge in [-0.2, -0.15) is 4.89 Å². The molecule has 0 unspecified atom stereocenters. The summed E-state index contributed by atoms with van der Waals surface area (Å²) in [6, 6.07) is 7.09. The number of carbonyl (C=O) groups is 1. The molecule has 0 heterocycles. The molecule has 0 fully saturated rings. The third-order valence-electron chi connectivity index (χ3n) is 1.84. The van der Waals surface area contributed by atoms with Crippen LogP contribution in [0.5, 0.6) is 0 Å². The zero-order chi connectivity index (χ0) is 11.8. The molecular formula is C12H15O4. The molecule has 0 aliphatic carbocycles. The molecule has 1 aromatic carbocycles. The summed E-state index contributed by atoms with van der Waals surface area (Å²) in [6.07, 6.45) is 0. The largest absolute Gasteiger partial charge is 0.379 e. The predicted octanol–water partition coefficient (Wildman–Crippen LogP) is 2.28. The van der Waals surface area contributed by atoms with Crippen LogP contribution in [0.25, 0.3) is 0 Å². The highest BCUT2D eigenvalue weighted by Crippen LogP contribution is 2.06. The maximum atomic E-state index is 11.4. The number of hydrogen-bond donors (Lipinski definition) is 0. The van der Waals surface area contributed by atoms with Crippen LogP contribution in [0.2, 0.25) is 0 Å². The van der Waals surface area contributed by atoms with E-state index in [9.17, 15) is 4.79 Å². The van der Waals surface area contributed by atoms with Gasteiger partial charge in [-0.15, -0.1) is 0 Å². The Balaban J connectivity index is 2.30. The Hall–Kier alpha value is -1.39. The Kier molecular flexibility index (Phi) is 5.53. The molecule has 1 rings (SSSR count). The van der Waals surface area contributed by atoms with Crippen LogP contribution in [-0.4, -0.2) is 19.2 Å². The molecule has 0 amide bonds. The average Bonchev–Trinajstić information content (AvgIpc) is 2.28. The van der Waals surface area contributed by atoms with E-state index in [1.165, 1.54) is 6.61 Å². The Morgan fingerprint density at radius 3 is 2.94 bits per heavy atom. The molecule has 4 nitrogen and oxygen atoms in total. The summed E-state index contributed by atoms with van der Waals surface area (Å²) in [6.45, 7) is 5.94. The molecule has 0 bridgehead atoms. The van der Waals surface area contributed by atoms with Crippen molar-refractivity contribution in [2.75, 3.05) is 13.2 Å². The first-order chi connectivity index (χ1) is 7.74. The second-order valence-electron chi connectivity index (χ2n) is 3.16. The molecular weight excluding hydrogens is 208 g/mol. The van der Waals surface area contributed by atoms with Crippen molar-refractivity contribution < 1.29 is 19.3 Å². The first kappa shape index (κ1) is 12.7. The van der Waals surface area contributed by atoms with Crippen molar-refractivity contribution in [2.24, 2.45) is 0 Å². The van der Waals surface area contributed by atoms with Crippen LogP contribution in [0, 0.1) is 13.5 Å². The predicted molar refractivity (Wildman–Crippen MR) is 58.5 cm³/mol. The van der Waals surface area contributed by atoms with E-state index in [2.05, 4.69) is 9.78 Å². The summed E-state index contributed by atoms with van der Waals surface area (Å²) in [5.74, 6) is -0.517. The fourth-order valence-corrected chi connectivity index (χ4v) is 1.09. The molecule has 0 N–H and O–H groups in total. The quantitative estimate of drug-likeness (QED) is 0.421. The van der Waals surface area contributed by atoms with Gasteiger partial charge in [0.25, 0.3) is 0 Å². The topological polar surface area (TPSA) is 44.8 Å². The highest BCUT2D eigenvalue weighted by atomic mass is 17.2. The van der Waals surface area contributed by atoms with E-state index in [0.717, 1.165) is 5.56 Å². The lowest BCUT2D eigenvalue weighted by Crippen LogP contribution is -2.07. The summed E-state index contributed by atoms with van der Waals surface area (Å²) in [4.78, 5) is 20.6. The maximum absolute atomic E-state index is 11.4. The van der Waals surface area contributed by atoms with Crippen molar-refractivity contribution in [3.8, 4) is 0 Å². The molecule has 1 radical (unpaired) electrons. The average molecular weight is 223 g/mol. The maximum Gasteiger partial charge on any atom is 0.373 e. The lowest BCUT2D eigenvalue weighted by Gasteiger charge is -2.03. The van der Waals surface area contributed by atoms with E-state index in [1.807, 2.05) is 19.9 Å². The second-order valence-corrected chi connectivity index (χ2v) is 3.16. The van der Waals surface area contributed by atoms with Crippen LogP contribution in [0.4, 0.5) is 0 Å². The number of hydrogen-bond acceptors (Lipinski definition) is 4. The van der Waals surface area contributed by atoms with Gasteiger partial charge in [0, 0.05) is 6.61 Å². The molecule has 0 aliphatic heterocycles. The summed E-state index contributed by atoms with van der Waals surface area (Å²) in [5, 5.41) is 0. The Labute approximate surface area is 95.1 Å². The van der Waals surface area contributed by atoms with Gasteiger partial charge < -0.3 is 4.74 Å². The third kappa shape index (κ3) is 4.42. The minimum Gasteiger partial charge on any atom is -0.379 e. The first-order valence-electron chi connectivity index (χ1n) is 5.07. The molecule has 0 atom stereocenters. The lowest BCUT2D eigenvalue weighted by atomic mass is 10.1. The van der Waals surface area contributed by atoms with Gasteiger partial charge in [0.2, 0.25) is 0 Å². The SMILES string of the molecule is CCOC[CH]OOC(=O)c1cccc(C)c1. The van der Waals surface area contributed by atoms with Crippen molar-refractivity contribution >= 4 is 5.97 Å². The lowest BCUT2D eigenvalue weighted by molar-refractivity contribution is -0.218. The van der Waals surface area contributed by atoms with E-state index < -0.39 is 5.97 Å². The van der Waals surface area contributed by atoms with Gasteiger partial charge in [-0.1, -0.05) is 17.7 Å². The number of rotatable bonds is 6. The summed E-state index contributed by atoms with van der Waals surface area (Å²) in [7, 11) is 0. The van der Waals surface area contributed by atoms with Gasteiger partial charge in [0.1, 0.15) is 0 Å². The fraction of sp³-hybridized carbons (Fsp3) is 0.333. The van der Waals surface area contributed by atoms with E-state index in [-0.39, 0.29) is 6.61 Å². The minimum atomic E-state index is -0.517. The van der Waals surface area contributed by atoms with Gasteiger partial charge in [-0.3, -0.25) is 4.89 Å². The van der Waals surface area contributed by atoms with Crippen molar-refractivity contribution in [2.45, 2.75) is 13.8 Å². The first-order valence-corrected chi connectivity index (χ1v) is 5.07. The van der Waals surface area contributed by atoms with E-state index in [4.69, 9.17) is 4.74 Å². The zero-order valence-electron chi connectivity index (χ0n) is 9.43. The Bertz CT molecular complexity index is 336. The minimum absolute atomic E-state index is 0.289. The summed E-state index contributed by atoms with van der Waals surface area (Å²) in [5.41, 5.74) is 1.46. The number of ether oxygens (including phenoxy) is 1. The van der Waals surface area contributed by atoms with Crippen LogP contribution in [-0.2, 0) is 14.5 Å². The van der Waals surface area contributed by atoms with E-state index in [0.29, 0.717) is 12.2 Å². The number of carbonyl (C=O) groups excluding carboxylic acids is 1. The number of aryl methyl sites for hydroxylation is 1. The molecule has 0 aliphatic rings. The summed E-state index contributed by atoms with van der Waals surface area (Å²) >= 11 is 0. The van der Waals surface area contributed by atoms with E-state index in [1.54, 1.807) is 18.2 Å². The molecule has 1 aromatic rings. The van der Waals surface area contributed by atoms with Crippen molar-refractivity contribution in [3.63, 3.8) is 0 Å². The van der Waals surface area contributed by atoms with Crippen LogP contribution in [0.1, 0.15) is 22.8 Å². The highest BCUT2D eigenvalue weighted by molar-refractivity contribution is 5.89. The van der Waals surface area contributed by atoms with Crippen molar-refractivity contribution in [1.82, 2.24) is 0 Å². The fourth-order valence-electron chi connectivity index (χ4n) is 1.09. The monoisotopic (exact) mass is 223 g/mol. The highest BCUT2D eigenvalue weighted by Gasteiger charge is 2.07. The van der Waals surface area contributed by atoms with Crippen molar-refractivity contribution in [1.29, 1.82) is 0 Å². The number of benzene rings is 1.